The summed E-state index contributed by atoms with van der Waals surface area (Å²) in [6, 6.07) is 16.3. The van der Waals surface area contributed by atoms with Crippen LogP contribution in [-0.2, 0) is 16.1 Å². The van der Waals surface area contributed by atoms with Crippen LogP contribution in [0, 0.1) is 0 Å². The Balaban J connectivity index is 1.53. The van der Waals surface area contributed by atoms with Crippen molar-refractivity contribution >= 4 is 46.3 Å². The number of fused-ring (bicyclic) bond motifs is 1. The highest BCUT2D eigenvalue weighted by molar-refractivity contribution is 7.10. The normalized spacial score (nSPS) is 15.0. The third-order valence-electron chi connectivity index (χ3n) is 6.18. The number of thiazole rings is 1. The second-order valence-electron chi connectivity index (χ2n) is 8.88. The number of carbonyl (C=O) groups excluding carboxylic acids is 1. The van der Waals surface area contributed by atoms with E-state index in [1.54, 1.807) is 18.4 Å². The highest BCUT2D eigenvalue weighted by Crippen LogP contribution is 2.33. The van der Waals surface area contributed by atoms with Crippen molar-refractivity contribution in [2.24, 2.45) is 4.99 Å². The van der Waals surface area contributed by atoms with Crippen LogP contribution in [-0.4, -0.2) is 23.8 Å². The molecule has 1 atom stereocenters. The second kappa shape index (κ2) is 12.2. The first-order valence-corrected chi connectivity index (χ1v) is 14.8. The van der Waals surface area contributed by atoms with Gasteiger partial charge in [-0.3, -0.25) is 9.36 Å². The number of aromatic nitrogens is 1. The number of carbonyl (C=O) groups is 1. The van der Waals surface area contributed by atoms with Crippen molar-refractivity contribution in [1.29, 1.82) is 0 Å². The Bertz CT molecular complexity index is 1760. The number of ether oxygens (including phenoxy) is 3. The summed E-state index contributed by atoms with van der Waals surface area (Å²) < 4.78 is 19.3. The fourth-order valence-corrected chi connectivity index (χ4v) is 6.53. The summed E-state index contributed by atoms with van der Waals surface area (Å²) in [5.74, 6) is 0.696. The maximum Gasteiger partial charge on any atom is 0.338 e. The molecule has 2 aromatic carbocycles. The molecule has 0 radical (unpaired) electrons. The number of benzene rings is 2. The molecule has 206 valence electrons. The third kappa shape index (κ3) is 5.77. The topological polar surface area (TPSA) is 79.1 Å². The van der Waals surface area contributed by atoms with Crippen molar-refractivity contribution in [3.63, 3.8) is 0 Å². The van der Waals surface area contributed by atoms with Gasteiger partial charge in [0.2, 0.25) is 0 Å². The number of hydrogen-bond donors (Lipinski definition) is 0. The van der Waals surface area contributed by atoms with Crippen molar-refractivity contribution in [2.45, 2.75) is 33.4 Å². The van der Waals surface area contributed by atoms with Crippen LogP contribution >= 0.6 is 34.3 Å². The standard InChI is InChI=1S/C30H27ClN2O5S2/c1-4-36-23-15-19(11-12-22(23)38-17-20-8-6-9-21(31)14-20)16-25-28(34)33-27(24-10-7-13-39-24)26(29(35)37-5-2)18(3)32-30(33)40-25/h6-16,27H,4-5,17H2,1-3H3/b25-16-/t27-/m1/s1. The van der Waals surface area contributed by atoms with E-state index in [1.807, 2.05) is 73.0 Å². The molecule has 5 rings (SSSR count). The van der Waals surface area contributed by atoms with Crippen molar-refractivity contribution < 1.29 is 19.0 Å². The van der Waals surface area contributed by atoms with Gasteiger partial charge in [-0.2, -0.15) is 0 Å². The molecule has 0 unspecified atom stereocenters. The van der Waals surface area contributed by atoms with E-state index >= 15 is 0 Å². The SMILES string of the molecule is CCOC(=O)C1=C(C)N=c2s/c(=C\c3ccc(OCc4cccc(Cl)c4)c(OCC)c3)c(=O)n2[C@@H]1c1cccs1. The Labute approximate surface area is 244 Å². The van der Waals surface area contributed by atoms with Gasteiger partial charge in [-0.15, -0.1) is 11.3 Å². The molecule has 40 heavy (non-hydrogen) atoms. The minimum atomic E-state index is -0.598. The Morgan fingerprint density at radius 3 is 2.65 bits per heavy atom. The van der Waals surface area contributed by atoms with Crippen molar-refractivity contribution in [3.8, 4) is 11.5 Å². The van der Waals surface area contributed by atoms with Crippen LogP contribution in [0.2, 0.25) is 5.02 Å². The van der Waals surface area contributed by atoms with Gasteiger partial charge in [0.25, 0.3) is 5.56 Å². The number of allylic oxidation sites excluding steroid dienone is 1. The summed E-state index contributed by atoms with van der Waals surface area (Å²) in [7, 11) is 0. The van der Waals surface area contributed by atoms with E-state index in [2.05, 4.69) is 4.99 Å². The van der Waals surface area contributed by atoms with Gasteiger partial charge in [-0.1, -0.05) is 47.2 Å². The Morgan fingerprint density at radius 2 is 1.93 bits per heavy atom. The van der Waals surface area contributed by atoms with Gasteiger partial charge < -0.3 is 14.2 Å². The van der Waals surface area contributed by atoms with Gasteiger partial charge >= 0.3 is 5.97 Å². The summed E-state index contributed by atoms with van der Waals surface area (Å²) in [5.41, 5.74) is 2.42. The molecule has 1 aliphatic rings. The molecule has 0 N–H and O–H groups in total. The molecular weight excluding hydrogens is 568 g/mol. The average molecular weight is 595 g/mol. The van der Waals surface area contributed by atoms with E-state index in [-0.39, 0.29) is 12.2 Å². The quantitative estimate of drug-likeness (QED) is 0.239. The van der Waals surface area contributed by atoms with Crippen LogP contribution in [0.3, 0.4) is 0 Å². The van der Waals surface area contributed by atoms with Gasteiger partial charge in [0.05, 0.1) is 29.0 Å². The lowest BCUT2D eigenvalue weighted by atomic mass is 10.0. The lowest BCUT2D eigenvalue weighted by molar-refractivity contribution is -0.139. The molecule has 10 heteroatoms. The van der Waals surface area contributed by atoms with E-state index in [9.17, 15) is 9.59 Å². The van der Waals surface area contributed by atoms with Crippen LogP contribution in [0.15, 0.2) is 81.0 Å². The molecule has 3 heterocycles. The summed E-state index contributed by atoms with van der Waals surface area (Å²) in [6.45, 7) is 6.46. The van der Waals surface area contributed by atoms with Crippen molar-refractivity contribution in [3.05, 3.63) is 112 Å². The second-order valence-corrected chi connectivity index (χ2v) is 11.3. The van der Waals surface area contributed by atoms with Crippen LogP contribution in [0.5, 0.6) is 11.5 Å². The highest BCUT2D eigenvalue weighted by atomic mass is 35.5. The average Bonchev–Trinajstić information content (AvgIpc) is 3.56. The molecule has 0 saturated carbocycles. The molecular formula is C30H27ClN2O5S2. The number of rotatable bonds is 9. The Hall–Kier alpha value is -3.66. The van der Waals surface area contributed by atoms with Gasteiger partial charge in [0.15, 0.2) is 16.3 Å². The minimum absolute atomic E-state index is 0.226. The summed E-state index contributed by atoms with van der Waals surface area (Å²) in [4.78, 5) is 32.7. The number of thiophene rings is 1. The Kier molecular flexibility index (Phi) is 8.54. The molecule has 2 aromatic heterocycles. The van der Waals surface area contributed by atoms with E-state index in [0.29, 0.717) is 50.3 Å². The van der Waals surface area contributed by atoms with Gasteiger partial charge in [0, 0.05) is 9.90 Å². The first kappa shape index (κ1) is 27.9. The maximum absolute atomic E-state index is 13.8. The molecule has 0 bridgehead atoms. The first-order valence-electron chi connectivity index (χ1n) is 12.8. The van der Waals surface area contributed by atoms with E-state index in [4.69, 9.17) is 25.8 Å². The number of halogens is 1. The molecule has 7 nitrogen and oxygen atoms in total. The minimum Gasteiger partial charge on any atom is -0.490 e. The largest absolute Gasteiger partial charge is 0.490 e. The van der Waals surface area contributed by atoms with E-state index < -0.39 is 12.0 Å². The summed E-state index contributed by atoms with van der Waals surface area (Å²) >= 11 is 8.86. The van der Waals surface area contributed by atoms with Crippen LogP contribution in [0.4, 0.5) is 0 Å². The van der Waals surface area contributed by atoms with Crippen LogP contribution in [0.1, 0.15) is 42.8 Å². The predicted octanol–water partition coefficient (Wildman–Crippen LogP) is 5.49. The predicted molar refractivity (Wildman–Crippen MR) is 158 cm³/mol. The zero-order valence-electron chi connectivity index (χ0n) is 22.2. The maximum atomic E-state index is 13.8. The molecule has 4 aromatic rings. The van der Waals surface area contributed by atoms with Gasteiger partial charge in [-0.05, 0) is 73.7 Å². The number of nitrogens with zero attached hydrogens (tertiary/aromatic N) is 2. The van der Waals surface area contributed by atoms with Crippen molar-refractivity contribution in [1.82, 2.24) is 4.57 Å². The molecule has 0 spiro atoms. The summed E-state index contributed by atoms with van der Waals surface area (Å²) in [5, 5.41) is 2.57. The molecule has 0 amide bonds. The highest BCUT2D eigenvalue weighted by Gasteiger charge is 2.33. The fourth-order valence-electron chi connectivity index (χ4n) is 4.45. The zero-order valence-corrected chi connectivity index (χ0v) is 24.6. The van der Waals surface area contributed by atoms with E-state index in [1.165, 1.54) is 22.7 Å². The first-order chi connectivity index (χ1) is 19.4. The zero-order chi connectivity index (χ0) is 28.2. The Morgan fingerprint density at radius 1 is 1.07 bits per heavy atom. The third-order valence-corrected chi connectivity index (χ3v) is 8.32. The smallest absolute Gasteiger partial charge is 0.338 e. The van der Waals surface area contributed by atoms with Crippen LogP contribution < -0.4 is 24.4 Å². The number of esters is 1. The fraction of sp³-hybridized carbons (Fsp3) is 0.233. The molecule has 1 aliphatic heterocycles. The lowest BCUT2D eigenvalue weighted by Crippen LogP contribution is -2.39. The molecule has 0 aliphatic carbocycles. The molecule has 0 fully saturated rings. The van der Waals surface area contributed by atoms with E-state index in [0.717, 1.165) is 16.0 Å². The van der Waals surface area contributed by atoms with Crippen LogP contribution in [0.25, 0.3) is 6.08 Å². The number of hydrogen-bond acceptors (Lipinski definition) is 8. The monoisotopic (exact) mass is 594 g/mol. The van der Waals surface area contributed by atoms with Gasteiger partial charge in [-0.25, -0.2) is 9.79 Å². The lowest BCUT2D eigenvalue weighted by Gasteiger charge is -2.23. The van der Waals surface area contributed by atoms with Crippen molar-refractivity contribution in [2.75, 3.05) is 13.2 Å². The van der Waals surface area contributed by atoms with Gasteiger partial charge in [0.1, 0.15) is 12.6 Å². The summed E-state index contributed by atoms with van der Waals surface area (Å²) in [6.07, 6.45) is 1.81. The molecule has 0 saturated heterocycles.